The fraction of sp³-hybridized carbons (Fsp3) is 0.182. The molecule has 0 spiro atoms. The molecule has 17 heavy (non-hydrogen) atoms. The molecule has 0 aliphatic heterocycles. The van der Waals surface area contributed by atoms with Gasteiger partial charge in [0.1, 0.15) is 0 Å². The zero-order chi connectivity index (χ0) is 12.3. The number of nitrogens with zero attached hydrogens (tertiary/aromatic N) is 3. The molecule has 6 nitrogen and oxygen atoms in total. The van der Waals surface area contributed by atoms with Crippen LogP contribution in [0.1, 0.15) is 11.1 Å². The first-order chi connectivity index (χ1) is 8.19. The molecule has 6 heteroatoms. The number of nitro groups is 1. The number of rotatable bonds is 4. The van der Waals surface area contributed by atoms with Crippen molar-refractivity contribution in [2.75, 3.05) is 0 Å². The molecule has 1 aromatic heterocycles. The Morgan fingerprint density at radius 3 is 2.53 bits per heavy atom. The van der Waals surface area contributed by atoms with Gasteiger partial charge in [0, 0.05) is 30.4 Å². The molecule has 1 aromatic carbocycles. The van der Waals surface area contributed by atoms with Crippen LogP contribution in [0.2, 0.25) is 0 Å². The first-order valence-electron chi connectivity index (χ1n) is 5.14. The van der Waals surface area contributed by atoms with E-state index < -0.39 is 4.92 Å². The van der Waals surface area contributed by atoms with Gasteiger partial charge in [0.2, 0.25) is 0 Å². The van der Waals surface area contributed by atoms with Gasteiger partial charge in [-0.1, -0.05) is 12.1 Å². The Labute approximate surface area is 97.8 Å². The molecular formula is C11H12N4O2. The van der Waals surface area contributed by atoms with E-state index in [1.54, 1.807) is 23.0 Å². The first kappa shape index (κ1) is 11.3. The lowest BCUT2D eigenvalue weighted by Crippen LogP contribution is -2.00. The molecule has 0 fully saturated rings. The highest BCUT2D eigenvalue weighted by Gasteiger charge is 2.04. The normalized spacial score (nSPS) is 10.4. The highest BCUT2D eigenvalue weighted by Crippen LogP contribution is 2.12. The number of aromatic nitrogens is 2. The molecule has 0 amide bonds. The van der Waals surface area contributed by atoms with Gasteiger partial charge >= 0.3 is 0 Å². The highest BCUT2D eigenvalue weighted by molar-refractivity contribution is 5.32. The van der Waals surface area contributed by atoms with Crippen molar-refractivity contribution < 1.29 is 4.92 Å². The molecule has 1 heterocycles. The van der Waals surface area contributed by atoms with Gasteiger partial charge in [0.15, 0.2) is 0 Å². The molecule has 2 aromatic rings. The van der Waals surface area contributed by atoms with Crippen LogP contribution in [-0.2, 0) is 13.1 Å². The van der Waals surface area contributed by atoms with Crippen molar-refractivity contribution in [3.63, 3.8) is 0 Å². The molecule has 2 N–H and O–H groups in total. The summed E-state index contributed by atoms with van der Waals surface area (Å²) in [6.45, 7) is 1.04. The summed E-state index contributed by atoms with van der Waals surface area (Å²) in [7, 11) is 0. The molecule has 0 atom stereocenters. The fourth-order valence-electron chi connectivity index (χ4n) is 1.51. The van der Waals surface area contributed by atoms with Gasteiger partial charge < -0.3 is 5.73 Å². The predicted octanol–water partition coefficient (Wildman–Crippen LogP) is 1.30. The maximum absolute atomic E-state index is 10.5. The van der Waals surface area contributed by atoms with Gasteiger partial charge in [-0.15, -0.1) is 0 Å². The van der Waals surface area contributed by atoms with E-state index >= 15 is 0 Å². The summed E-state index contributed by atoms with van der Waals surface area (Å²) in [6.07, 6.45) is 3.58. The lowest BCUT2D eigenvalue weighted by Gasteiger charge is -2.01. The van der Waals surface area contributed by atoms with Crippen LogP contribution in [0.15, 0.2) is 36.7 Å². The van der Waals surface area contributed by atoms with E-state index in [-0.39, 0.29) is 5.69 Å². The molecule has 0 saturated heterocycles. The second kappa shape index (κ2) is 4.75. The number of nitrogens with two attached hydrogens (primary N) is 1. The molecule has 0 aliphatic carbocycles. The summed E-state index contributed by atoms with van der Waals surface area (Å²) in [6, 6.07) is 6.43. The Bertz CT molecular complexity index is 519. The number of benzene rings is 1. The summed E-state index contributed by atoms with van der Waals surface area (Å²) in [5.74, 6) is 0. The third-order valence-electron chi connectivity index (χ3n) is 2.41. The van der Waals surface area contributed by atoms with Crippen molar-refractivity contribution in [2.24, 2.45) is 5.73 Å². The first-order valence-corrected chi connectivity index (χ1v) is 5.14. The molecule has 88 valence electrons. The zero-order valence-corrected chi connectivity index (χ0v) is 9.11. The summed E-state index contributed by atoms with van der Waals surface area (Å²) < 4.78 is 1.75. The second-order valence-electron chi connectivity index (χ2n) is 3.67. The van der Waals surface area contributed by atoms with Crippen molar-refractivity contribution in [1.29, 1.82) is 0 Å². The van der Waals surface area contributed by atoms with Gasteiger partial charge in [0.05, 0.1) is 17.7 Å². The van der Waals surface area contributed by atoms with E-state index in [4.69, 9.17) is 5.73 Å². The predicted molar refractivity (Wildman–Crippen MR) is 62.3 cm³/mol. The van der Waals surface area contributed by atoms with Crippen molar-refractivity contribution in [3.05, 3.63) is 57.9 Å². The summed E-state index contributed by atoms with van der Waals surface area (Å²) >= 11 is 0. The van der Waals surface area contributed by atoms with Crippen molar-refractivity contribution >= 4 is 5.69 Å². The van der Waals surface area contributed by atoms with Crippen LogP contribution in [0.4, 0.5) is 5.69 Å². The van der Waals surface area contributed by atoms with Gasteiger partial charge in [0.25, 0.3) is 5.69 Å². The summed E-state index contributed by atoms with van der Waals surface area (Å²) in [5.41, 5.74) is 7.50. The standard InChI is InChI=1S/C11H12N4O2/c12-5-10-6-13-14(8-10)7-9-1-3-11(4-2-9)15(16)17/h1-4,6,8H,5,7,12H2. The van der Waals surface area contributed by atoms with E-state index in [0.717, 1.165) is 11.1 Å². The largest absolute Gasteiger partial charge is 0.326 e. The van der Waals surface area contributed by atoms with Crippen LogP contribution < -0.4 is 5.73 Å². The summed E-state index contributed by atoms with van der Waals surface area (Å²) in [5, 5.41) is 14.6. The van der Waals surface area contributed by atoms with E-state index in [9.17, 15) is 10.1 Å². The van der Waals surface area contributed by atoms with Crippen molar-refractivity contribution in [3.8, 4) is 0 Å². The maximum Gasteiger partial charge on any atom is 0.269 e. The Morgan fingerprint density at radius 1 is 1.29 bits per heavy atom. The topological polar surface area (TPSA) is 87.0 Å². The minimum Gasteiger partial charge on any atom is -0.326 e. The third-order valence-corrected chi connectivity index (χ3v) is 2.41. The molecule has 0 bridgehead atoms. The molecule has 0 unspecified atom stereocenters. The fourth-order valence-corrected chi connectivity index (χ4v) is 1.51. The molecule has 0 aliphatic rings. The van der Waals surface area contributed by atoms with Crippen LogP contribution >= 0.6 is 0 Å². The SMILES string of the molecule is NCc1cnn(Cc2ccc([N+](=O)[O-])cc2)c1. The second-order valence-corrected chi connectivity index (χ2v) is 3.67. The van der Waals surface area contributed by atoms with E-state index in [0.29, 0.717) is 13.1 Å². The maximum atomic E-state index is 10.5. The molecule has 0 saturated carbocycles. The van der Waals surface area contributed by atoms with Gasteiger partial charge in [-0.25, -0.2) is 0 Å². The Morgan fingerprint density at radius 2 is 2.00 bits per heavy atom. The van der Waals surface area contributed by atoms with E-state index in [1.807, 2.05) is 6.20 Å². The molecule has 0 radical (unpaired) electrons. The van der Waals surface area contributed by atoms with Gasteiger partial charge in [-0.2, -0.15) is 5.10 Å². The zero-order valence-electron chi connectivity index (χ0n) is 9.11. The van der Waals surface area contributed by atoms with Gasteiger partial charge in [-0.3, -0.25) is 14.8 Å². The highest BCUT2D eigenvalue weighted by atomic mass is 16.6. The molecular weight excluding hydrogens is 220 g/mol. The average molecular weight is 232 g/mol. The van der Waals surface area contributed by atoms with Crippen LogP contribution in [0.25, 0.3) is 0 Å². The average Bonchev–Trinajstić information content (AvgIpc) is 2.77. The Balaban J connectivity index is 2.10. The van der Waals surface area contributed by atoms with Crippen molar-refractivity contribution in [1.82, 2.24) is 9.78 Å². The Kier molecular flexibility index (Phi) is 3.15. The minimum absolute atomic E-state index is 0.0943. The monoisotopic (exact) mass is 232 g/mol. The van der Waals surface area contributed by atoms with Crippen LogP contribution in [0, 0.1) is 10.1 Å². The van der Waals surface area contributed by atoms with Gasteiger partial charge in [-0.05, 0) is 5.56 Å². The van der Waals surface area contributed by atoms with Crippen LogP contribution in [0.3, 0.4) is 0 Å². The number of hydrogen-bond donors (Lipinski definition) is 1. The number of non-ortho nitro benzene ring substituents is 1. The Hall–Kier alpha value is -2.21. The number of nitro benzene ring substituents is 1. The van der Waals surface area contributed by atoms with Crippen LogP contribution in [-0.4, -0.2) is 14.7 Å². The lowest BCUT2D eigenvalue weighted by atomic mass is 10.2. The lowest BCUT2D eigenvalue weighted by molar-refractivity contribution is -0.384. The minimum atomic E-state index is -0.412. The van der Waals surface area contributed by atoms with E-state index in [1.165, 1.54) is 12.1 Å². The number of hydrogen-bond acceptors (Lipinski definition) is 4. The molecule has 2 rings (SSSR count). The third kappa shape index (κ3) is 2.67. The van der Waals surface area contributed by atoms with Crippen LogP contribution in [0.5, 0.6) is 0 Å². The van der Waals surface area contributed by atoms with E-state index in [2.05, 4.69) is 5.10 Å². The quantitative estimate of drug-likeness (QED) is 0.635. The summed E-state index contributed by atoms with van der Waals surface area (Å²) in [4.78, 5) is 10.1. The smallest absolute Gasteiger partial charge is 0.269 e. The van der Waals surface area contributed by atoms with Crippen molar-refractivity contribution in [2.45, 2.75) is 13.1 Å².